The van der Waals surface area contributed by atoms with Gasteiger partial charge in [-0.3, -0.25) is 4.98 Å². The lowest BCUT2D eigenvalue weighted by Crippen LogP contribution is -2.26. The predicted molar refractivity (Wildman–Crippen MR) is 55.4 cm³/mol. The van der Waals surface area contributed by atoms with Crippen LogP contribution in [0.3, 0.4) is 0 Å². The Labute approximate surface area is 79.7 Å². The SMILES string of the molecule is C=CC(C)N[C@@H](C)c1cccnc1. The Morgan fingerprint density at radius 3 is 2.85 bits per heavy atom. The summed E-state index contributed by atoms with van der Waals surface area (Å²) in [4.78, 5) is 4.07. The summed E-state index contributed by atoms with van der Waals surface area (Å²) in [5.74, 6) is 0. The van der Waals surface area contributed by atoms with Crippen LogP contribution >= 0.6 is 0 Å². The fourth-order valence-corrected chi connectivity index (χ4v) is 1.19. The molecule has 1 unspecified atom stereocenters. The molecule has 0 saturated carbocycles. The number of aromatic nitrogens is 1. The predicted octanol–water partition coefficient (Wildman–Crippen LogP) is 2.31. The molecule has 0 aliphatic rings. The van der Waals surface area contributed by atoms with E-state index in [1.54, 1.807) is 6.20 Å². The Hall–Kier alpha value is -1.15. The summed E-state index contributed by atoms with van der Waals surface area (Å²) in [5, 5.41) is 3.39. The van der Waals surface area contributed by atoms with Gasteiger partial charge in [0.1, 0.15) is 0 Å². The van der Waals surface area contributed by atoms with Crippen LogP contribution < -0.4 is 5.32 Å². The van der Waals surface area contributed by atoms with Crippen molar-refractivity contribution in [3.63, 3.8) is 0 Å². The van der Waals surface area contributed by atoms with Crippen molar-refractivity contribution in [2.45, 2.75) is 25.9 Å². The largest absolute Gasteiger partial charge is 0.304 e. The van der Waals surface area contributed by atoms with Crippen molar-refractivity contribution >= 4 is 0 Å². The summed E-state index contributed by atoms with van der Waals surface area (Å²) < 4.78 is 0. The Bertz CT molecular complexity index is 256. The van der Waals surface area contributed by atoms with Gasteiger partial charge in [-0.1, -0.05) is 12.1 Å². The van der Waals surface area contributed by atoms with Gasteiger partial charge in [-0.05, 0) is 25.5 Å². The third-order valence-electron chi connectivity index (χ3n) is 2.05. The highest BCUT2D eigenvalue weighted by Gasteiger charge is 2.05. The van der Waals surface area contributed by atoms with E-state index in [-0.39, 0.29) is 0 Å². The molecular formula is C11H16N2. The van der Waals surface area contributed by atoms with Crippen LogP contribution in [0, 0.1) is 0 Å². The molecule has 0 aromatic carbocycles. The molecule has 0 aliphatic heterocycles. The summed E-state index contributed by atoms with van der Waals surface area (Å²) in [6.07, 6.45) is 5.56. The highest BCUT2D eigenvalue weighted by molar-refractivity contribution is 5.13. The third-order valence-corrected chi connectivity index (χ3v) is 2.05. The van der Waals surface area contributed by atoms with E-state index in [0.717, 1.165) is 0 Å². The van der Waals surface area contributed by atoms with E-state index in [2.05, 4.69) is 36.8 Å². The van der Waals surface area contributed by atoms with Crippen molar-refractivity contribution in [1.29, 1.82) is 0 Å². The molecule has 1 rings (SSSR count). The van der Waals surface area contributed by atoms with Gasteiger partial charge in [0.15, 0.2) is 0 Å². The molecule has 2 atom stereocenters. The van der Waals surface area contributed by atoms with Gasteiger partial charge < -0.3 is 5.32 Å². The Morgan fingerprint density at radius 1 is 1.54 bits per heavy atom. The second-order valence-corrected chi connectivity index (χ2v) is 3.20. The van der Waals surface area contributed by atoms with Crippen LogP contribution in [-0.4, -0.2) is 11.0 Å². The van der Waals surface area contributed by atoms with E-state index in [1.807, 2.05) is 18.3 Å². The number of hydrogen-bond donors (Lipinski definition) is 1. The highest BCUT2D eigenvalue weighted by Crippen LogP contribution is 2.10. The number of hydrogen-bond acceptors (Lipinski definition) is 2. The van der Waals surface area contributed by atoms with Crippen LogP contribution in [0.2, 0.25) is 0 Å². The van der Waals surface area contributed by atoms with Crippen molar-refractivity contribution < 1.29 is 0 Å². The Kier molecular flexibility index (Phi) is 3.65. The second-order valence-electron chi connectivity index (χ2n) is 3.20. The van der Waals surface area contributed by atoms with Gasteiger partial charge in [-0.25, -0.2) is 0 Å². The first-order valence-electron chi connectivity index (χ1n) is 4.52. The summed E-state index contributed by atoms with van der Waals surface area (Å²) in [7, 11) is 0. The normalized spacial score (nSPS) is 14.9. The smallest absolute Gasteiger partial charge is 0.0315 e. The van der Waals surface area contributed by atoms with Crippen LogP contribution in [0.15, 0.2) is 37.2 Å². The summed E-state index contributed by atoms with van der Waals surface area (Å²) in [6, 6.07) is 4.67. The van der Waals surface area contributed by atoms with Crippen LogP contribution in [0.25, 0.3) is 0 Å². The maximum absolute atomic E-state index is 4.07. The van der Waals surface area contributed by atoms with E-state index in [4.69, 9.17) is 0 Å². The van der Waals surface area contributed by atoms with Gasteiger partial charge >= 0.3 is 0 Å². The molecule has 0 saturated heterocycles. The Balaban J connectivity index is 2.58. The maximum Gasteiger partial charge on any atom is 0.0315 e. The number of nitrogens with one attached hydrogen (secondary N) is 1. The van der Waals surface area contributed by atoms with E-state index in [1.165, 1.54) is 5.56 Å². The second kappa shape index (κ2) is 4.77. The van der Waals surface area contributed by atoms with Gasteiger partial charge in [-0.15, -0.1) is 6.58 Å². The van der Waals surface area contributed by atoms with Gasteiger partial charge in [0.25, 0.3) is 0 Å². The first kappa shape index (κ1) is 9.93. The topological polar surface area (TPSA) is 24.9 Å². The first-order valence-corrected chi connectivity index (χ1v) is 4.52. The fraction of sp³-hybridized carbons (Fsp3) is 0.364. The van der Waals surface area contributed by atoms with Crippen molar-refractivity contribution in [2.75, 3.05) is 0 Å². The van der Waals surface area contributed by atoms with Gasteiger partial charge in [0.2, 0.25) is 0 Å². The van der Waals surface area contributed by atoms with Crippen LogP contribution in [-0.2, 0) is 0 Å². The lowest BCUT2D eigenvalue weighted by atomic mass is 10.1. The zero-order valence-electron chi connectivity index (χ0n) is 8.20. The molecule has 13 heavy (non-hydrogen) atoms. The third kappa shape index (κ3) is 2.99. The highest BCUT2D eigenvalue weighted by atomic mass is 14.9. The molecule has 1 N–H and O–H groups in total. The summed E-state index contributed by atoms with van der Waals surface area (Å²) in [6.45, 7) is 7.93. The minimum Gasteiger partial charge on any atom is -0.304 e. The number of nitrogens with zero attached hydrogens (tertiary/aromatic N) is 1. The molecule has 0 fully saturated rings. The Morgan fingerprint density at radius 2 is 2.31 bits per heavy atom. The lowest BCUT2D eigenvalue weighted by Gasteiger charge is -2.16. The molecule has 2 nitrogen and oxygen atoms in total. The van der Waals surface area contributed by atoms with E-state index in [0.29, 0.717) is 12.1 Å². The fourth-order valence-electron chi connectivity index (χ4n) is 1.19. The molecule has 0 amide bonds. The van der Waals surface area contributed by atoms with E-state index >= 15 is 0 Å². The van der Waals surface area contributed by atoms with Gasteiger partial charge in [-0.2, -0.15) is 0 Å². The zero-order chi connectivity index (χ0) is 9.68. The van der Waals surface area contributed by atoms with Gasteiger partial charge in [0.05, 0.1) is 0 Å². The molecule has 0 bridgehead atoms. The van der Waals surface area contributed by atoms with E-state index in [9.17, 15) is 0 Å². The minimum atomic E-state index is 0.321. The molecule has 0 aliphatic carbocycles. The van der Waals surface area contributed by atoms with E-state index < -0.39 is 0 Å². The molecule has 0 radical (unpaired) electrons. The standard InChI is InChI=1S/C11H16N2/c1-4-9(2)13-10(3)11-6-5-7-12-8-11/h4-10,13H,1H2,2-3H3/t9?,10-/m0/s1. The molecular weight excluding hydrogens is 160 g/mol. The van der Waals surface area contributed by atoms with Crippen molar-refractivity contribution in [2.24, 2.45) is 0 Å². The monoisotopic (exact) mass is 176 g/mol. The van der Waals surface area contributed by atoms with Crippen molar-refractivity contribution in [3.05, 3.63) is 42.7 Å². The summed E-state index contributed by atoms with van der Waals surface area (Å²) >= 11 is 0. The van der Waals surface area contributed by atoms with Crippen LogP contribution in [0.1, 0.15) is 25.5 Å². The molecule has 1 heterocycles. The average Bonchev–Trinajstić information content (AvgIpc) is 2.19. The molecule has 1 aromatic heterocycles. The first-order chi connectivity index (χ1) is 6.24. The molecule has 2 heteroatoms. The molecule has 70 valence electrons. The van der Waals surface area contributed by atoms with Crippen molar-refractivity contribution in [1.82, 2.24) is 10.3 Å². The zero-order valence-corrected chi connectivity index (χ0v) is 8.20. The molecule has 1 aromatic rings. The van der Waals surface area contributed by atoms with Crippen molar-refractivity contribution in [3.8, 4) is 0 Å². The van der Waals surface area contributed by atoms with Crippen LogP contribution in [0.4, 0.5) is 0 Å². The lowest BCUT2D eigenvalue weighted by molar-refractivity contribution is 0.536. The van der Waals surface area contributed by atoms with Crippen LogP contribution in [0.5, 0.6) is 0 Å². The molecule has 0 spiro atoms. The summed E-state index contributed by atoms with van der Waals surface area (Å²) in [5.41, 5.74) is 1.20. The number of rotatable bonds is 4. The minimum absolute atomic E-state index is 0.321. The number of pyridine rings is 1. The average molecular weight is 176 g/mol. The van der Waals surface area contributed by atoms with Gasteiger partial charge in [0, 0.05) is 24.5 Å². The maximum atomic E-state index is 4.07. The quantitative estimate of drug-likeness (QED) is 0.712.